The van der Waals surface area contributed by atoms with E-state index in [0.717, 1.165) is 6.42 Å². The van der Waals surface area contributed by atoms with Crippen molar-refractivity contribution < 1.29 is 13.2 Å². The van der Waals surface area contributed by atoms with Crippen molar-refractivity contribution in [2.45, 2.75) is 44.6 Å². The van der Waals surface area contributed by atoms with Crippen molar-refractivity contribution in [2.75, 3.05) is 6.54 Å². The van der Waals surface area contributed by atoms with E-state index in [9.17, 15) is 13.2 Å². The van der Waals surface area contributed by atoms with Crippen LogP contribution in [0.4, 0.5) is 0 Å². The molecule has 7 nitrogen and oxygen atoms in total. The SMILES string of the molecule is CCC(C)NC(=O)CCNS(=O)(=O)c1cn[nH]c1C. The van der Waals surface area contributed by atoms with Gasteiger partial charge >= 0.3 is 0 Å². The molecular formula is C11H20N4O3S. The standard InChI is InChI=1S/C11H20N4O3S/c1-4-8(2)14-11(16)5-6-13-19(17,18)10-7-12-15-9(10)3/h7-8,13H,4-6H2,1-3H3,(H,12,15)(H,14,16). The average Bonchev–Trinajstić information content (AvgIpc) is 2.75. The monoisotopic (exact) mass is 288 g/mol. The molecule has 1 rings (SSSR count). The molecule has 0 saturated heterocycles. The second-order valence-electron chi connectivity index (χ2n) is 4.38. The minimum Gasteiger partial charge on any atom is -0.354 e. The second-order valence-corrected chi connectivity index (χ2v) is 6.12. The van der Waals surface area contributed by atoms with Crippen molar-refractivity contribution in [3.05, 3.63) is 11.9 Å². The van der Waals surface area contributed by atoms with Crippen LogP contribution >= 0.6 is 0 Å². The first kappa shape index (κ1) is 15.6. The zero-order chi connectivity index (χ0) is 14.5. The van der Waals surface area contributed by atoms with Crippen LogP contribution in [-0.2, 0) is 14.8 Å². The lowest BCUT2D eigenvalue weighted by Crippen LogP contribution is -2.35. The van der Waals surface area contributed by atoms with E-state index in [4.69, 9.17) is 0 Å². The smallest absolute Gasteiger partial charge is 0.243 e. The van der Waals surface area contributed by atoms with E-state index >= 15 is 0 Å². The van der Waals surface area contributed by atoms with Gasteiger partial charge in [0.1, 0.15) is 4.90 Å². The third-order valence-corrected chi connectivity index (χ3v) is 4.31. The van der Waals surface area contributed by atoms with Gasteiger partial charge in [0, 0.05) is 19.0 Å². The van der Waals surface area contributed by atoms with Crippen LogP contribution in [0.2, 0.25) is 0 Å². The van der Waals surface area contributed by atoms with E-state index in [1.807, 2.05) is 13.8 Å². The van der Waals surface area contributed by atoms with Crippen molar-refractivity contribution in [3.63, 3.8) is 0 Å². The third kappa shape index (κ3) is 4.64. The predicted molar refractivity (Wildman–Crippen MR) is 71.0 cm³/mol. The quantitative estimate of drug-likeness (QED) is 0.671. The molecule has 1 unspecified atom stereocenters. The maximum atomic E-state index is 11.9. The number of carbonyl (C=O) groups is 1. The summed E-state index contributed by atoms with van der Waals surface area (Å²) in [6, 6.07) is 0.0974. The molecule has 0 aromatic carbocycles. The van der Waals surface area contributed by atoms with Crippen LogP contribution in [-0.4, -0.2) is 37.1 Å². The van der Waals surface area contributed by atoms with Crippen LogP contribution in [0.5, 0.6) is 0 Å². The molecular weight excluding hydrogens is 268 g/mol. The lowest BCUT2D eigenvalue weighted by molar-refractivity contribution is -0.121. The van der Waals surface area contributed by atoms with Crippen molar-refractivity contribution in [3.8, 4) is 0 Å². The van der Waals surface area contributed by atoms with E-state index in [1.54, 1.807) is 6.92 Å². The highest BCUT2D eigenvalue weighted by Gasteiger charge is 2.18. The number of rotatable bonds is 7. The molecule has 0 aliphatic heterocycles. The summed E-state index contributed by atoms with van der Waals surface area (Å²) in [6.07, 6.45) is 2.20. The molecule has 1 aromatic rings. The Labute approximate surface area is 113 Å². The summed E-state index contributed by atoms with van der Waals surface area (Å²) in [5.41, 5.74) is 0.469. The largest absolute Gasteiger partial charge is 0.354 e. The molecule has 1 atom stereocenters. The van der Waals surface area contributed by atoms with E-state index < -0.39 is 10.0 Å². The summed E-state index contributed by atoms with van der Waals surface area (Å²) >= 11 is 0. The van der Waals surface area contributed by atoms with Crippen molar-refractivity contribution in [1.82, 2.24) is 20.2 Å². The Morgan fingerprint density at radius 2 is 2.21 bits per heavy atom. The van der Waals surface area contributed by atoms with Crippen LogP contribution in [0, 0.1) is 6.92 Å². The van der Waals surface area contributed by atoms with Gasteiger partial charge < -0.3 is 5.32 Å². The summed E-state index contributed by atoms with van der Waals surface area (Å²) < 4.78 is 26.1. The summed E-state index contributed by atoms with van der Waals surface area (Å²) in [6.45, 7) is 5.55. The maximum absolute atomic E-state index is 11.9. The first-order valence-corrected chi connectivity index (χ1v) is 7.64. The van der Waals surface area contributed by atoms with Gasteiger partial charge in [-0.2, -0.15) is 5.10 Å². The summed E-state index contributed by atoms with van der Waals surface area (Å²) in [7, 11) is -3.60. The Hall–Kier alpha value is -1.41. The number of amides is 1. The van der Waals surface area contributed by atoms with Gasteiger partial charge in [-0.15, -0.1) is 0 Å². The van der Waals surface area contributed by atoms with Crippen LogP contribution in [0.1, 0.15) is 32.4 Å². The number of carbonyl (C=O) groups excluding carboxylic acids is 1. The minimum absolute atomic E-state index is 0.0647. The summed E-state index contributed by atoms with van der Waals surface area (Å²) in [5.74, 6) is -0.166. The van der Waals surface area contributed by atoms with Crippen LogP contribution in [0.25, 0.3) is 0 Å². The number of hydrogen-bond donors (Lipinski definition) is 3. The average molecular weight is 288 g/mol. The zero-order valence-electron chi connectivity index (χ0n) is 11.4. The molecule has 1 aromatic heterocycles. The molecule has 3 N–H and O–H groups in total. The number of hydrogen-bond acceptors (Lipinski definition) is 4. The first-order chi connectivity index (χ1) is 8.86. The van der Waals surface area contributed by atoms with Crippen LogP contribution in [0.15, 0.2) is 11.1 Å². The zero-order valence-corrected chi connectivity index (χ0v) is 12.2. The fourth-order valence-electron chi connectivity index (χ4n) is 1.44. The maximum Gasteiger partial charge on any atom is 0.243 e. The van der Waals surface area contributed by atoms with E-state index in [0.29, 0.717) is 5.69 Å². The third-order valence-electron chi connectivity index (χ3n) is 2.74. The van der Waals surface area contributed by atoms with Crippen molar-refractivity contribution in [1.29, 1.82) is 0 Å². The fourth-order valence-corrected chi connectivity index (χ4v) is 2.60. The summed E-state index contributed by atoms with van der Waals surface area (Å²) in [5, 5.41) is 8.99. The highest BCUT2D eigenvalue weighted by molar-refractivity contribution is 7.89. The molecule has 0 fully saturated rings. The molecule has 1 amide bonds. The van der Waals surface area contributed by atoms with E-state index in [-0.39, 0.29) is 29.8 Å². The lowest BCUT2D eigenvalue weighted by Gasteiger charge is -2.11. The number of sulfonamides is 1. The Bertz CT molecular complexity index is 524. The molecule has 1 heterocycles. The summed E-state index contributed by atoms with van der Waals surface area (Å²) in [4.78, 5) is 11.6. The fraction of sp³-hybridized carbons (Fsp3) is 0.636. The molecule has 0 spiro atoms. The highest BCUT2D eigenvalue weighted by Crippen LogP contribution is 2.10. The van der Waals surface area contributed by atoms with Gasteiger partial charge in [0.2, 0.25) is 15.9 Å². The van der Waals surface area contributed by atoms with Crippen LogP contribution < -0.4 is 10.0 Å². The normalized spacial score (nSPS) is 13.2. The minimum atomic E-state index is -3.60. The number of aromatic nitrogens is 2. The van der Waals surface area contributed by atoms with Gasteiger partial charge in [-0.1, -0.05) is 6.92 Å². The van der Waals surface area contributed by atoms with E-state index in [2.05, 4.69) is 20.2 Å². The molecule has 0 aliphatic rings. The van der Waals surface area contributed by atoms with Gasteiger partial charge in [0.25, 0.3) is 0 Å². The van der Waals surface area contributed by atoms with Gasteiger partial charge in [0.05, 0.1) is 11.9 Å². The molecule has 0 aliphatic carbocycles. The van der Waals surface area contributed by atoms with Crippen LogP contribution in [0.3, 0.4) is 0 Å². The second kappa shape index (κ2) is 6.67. The molecule has 19 heavy (non-hydrogen) atoms. The van der Waals surface area contributed by atoms with Gasteiger partial charge in [-0.05, 0) is 20.3 Å². The number of H-pyrrole nitrogens is 1. The highest BCUT2D eigenvalue weighted by atomic mass is 32.2. The van der Waals surface area contributed by atoms with Gasteiger partial charge in [-0.3, -0.25) is 9.89 Å². The Kier molecular flexibility index (Phi) is 5.49. The predicted octanol–water partition coefficient (Wildman–Crippen LogP) is 0.301. The van der Waals surface area contributed by atoms with Crippen molar-refractivity contribution in [2.24, 2.45) is 0 Å². The molecule has 0 radical (unpaired) electrons. The van der Waals surface area contributed by atoms with E-state index in [1.165, 1.54) is 6.20 Å². The Morgan fingerprint density at radius 1 is 1.53 bits per heavy atom. The van der Waals surface area contributed by atoms with Gasteiger partial charge in [0.15, 0.2) is 0 Å². The molecule has 108 valence electrons. The first-order valence-electron chi connectivity index (χ1n) is 6.15. The number of aromatic amines is 1. The molecule has 0 saturated carbocycles. The lowest BCUT2D eigenvalue weighted by atomic mass is 10.2. The number of nitrogens with zero attached hydrogens (tertiary/aromatic N) is 1. The van der Waals surface area contributed by atoms with Gasteiger partial charge in [-0.25, -0.2) is 13.1 Å². The van der Waals surface area contributed by atoms with Crippen molar-refractivity contribution >= 4 is 15.9 Å². The molecule has 0 bridgehead atoms. The Morgan fingerprint density at radius 3 is 2.74 bits per heavy atom. The topological polar surface area (TPSA) is 104 Å². The molecule has 8 heteroatoms. The number of aryl methyl sites for hydroxylation is 1. The Balaban J connectivity index is 2.45. The number of nitrogens with one attached hydrogen (secondary N) is 3.